The van der Waals surface area contributed by atoms with E-state index < -0.39 is 0 Å². The third-order valence-electron chi connectivity index (χ3n) is 3.37. The van der Waals surface area contributed by atoms with Crippen molar-refractivity contribution < 1.29 is 0 Å². The van der Waals surface area contributed by atoms with Gasteiger partial charge >= 0.3 is 0 Å². The van der Waals surface area contributed by atoms with Gasteiger partial charge in [-0.2, -0.15) is 0 Å². The van der Waals surface area contributed by atoms with Crippen LogP contribution in [0.5, 0.6) is 0 Å². The highest BCUT2D eigenvalue weighted by molar-refractivity contribution is 5.79. The van der Waals surface area contributed by atoms with Gasteiger partial charge in [-0.05, 0) is 19.8 Å². The molecule has 0 aromatic carbocycles. The van der Waals surface area contributed by atoms with Crippen molar-refractivity contribution in [3.63, 3.8) is 0 Å². The molecular weight excluding hydrogens is 228 g/mol. The standard InChI is InChI=1S/C12H22N6/c1-3-18-9-15-17-11(18)8-14-12(13-2)16-10-6-4-5-7-10/h9-10H,3-8H2,1-2H3,(H2,13,14,16). The van der Waals surface area contributed by atoms with Gasteiger partial charge in [0.15, 0.2) is 11.8 Å². The van der Waals surface area contributed by atoms with Crippen LogP contribution in [0.25, 0.3) is 0 Å². The predicted octanol–water partition coefficient (Wildman–Crippen LogP) is 0.906. The molecule has 1 aliphatic rings. The second-order valence-corrected chi connectivity index (χ2v) is 4.58. The lowest BCUT2D eigenvalue weighted by Gasteiger charge is -2.16. The number of guanidine groups is 1. The molecule has 0 unspecified atom stereocenters. The molecule has 0 bridgehead atoms. The van der Waals surface area contributed by atoms with E-state index in [1.165, 1.54) is 25.7 Å². The van der Waals surface area contributed by atoms with E-state index in [0.717, 1.165) is 18.3 Å². The molecule has 0 radical (unpaired) electrons. The molecule has 1 aromatic rings. The fourth-order valence-corrected chi connectivity index (χ4v) is 2.30. The lowest BCUT2D eigenvalue weighted by atomic mass is 10.2. The highest BCUT2D eigenvalue weighted by Crippen LogP contribution is 2.17. The van der Waals surface area contributed by atoms with E-state index in [1.54, 1.807) is 13.4 Å². The maximum absolute atomic E-state index is 4.24. The minimum Gasteiger partial charge on any atom is -0.354 e. The van der Waals surface area contributed by atoms with Crippen LogP contribution >= 0.6 is 0 Å². The van der Waals surface area contributed by atoms with Crippen LogP contribution < -0.4 is 10.6 Å². The number of aliphatic imine (C=N–C) groups is 1. The maximum Gasteiger partial charge on any atom is 0.191 e. The predicted molar refractivity (Wildman–Crippen MR) is 71.3 cm³/mol. The molecule has 100 valence electrons. The van der Waals surface area contributed by atoms with E-state index in [4.69, 9.17) is 0 Å². The molecule has 0 saturated heterocycles. The molecular formula is C12H22N6. The van der Waals surface area contributed by atoms with Gasteiger partial charge in [0.25, 0.3) is 0 Å². The number of aromatic nitrogens is 3. The van der Waals surface area contributed by atoms with Crippen molar-refractivity contribution >= 4 is 5.96 Å². The van der Waals surface area contributed by atoms with Crippen molar-refractivity contribution in [2.24, 2.45) is 4.99 Å². The molecule has 1 saturated carbocycles. The number of nitrogens with zero attached hydrogens (tertiary/aromatic N) is 4. The lowest BCUT2D eigenvalue weighted by molar-refractivity contribution is 0.605. The van der Waals surface area contributed by atoms with Gasteiger partial charge in [-0.3, -0.25) is 4.99 Å². The summed E-state index contributed by atoms with van der Waals surface area (Å²) in [7, 11) is 1.80. The minimum absolute atomic E-state index is 0.570. The SMILES string of the molecule is CCn1cnnc1CNC(=NC)NC1CCCC1. The summed E-state index contributed by atoms with van der Waals surface area (Å²) in [5, 5.41) is 14.7. The molecule has 0 aliphatic heterocycles. The third kappa shape index (κ3) is 3.21. The zero-order chi connectivity index (χ0) is 12.8. The Morgan fingerprint density at radius 3 is 2.94 bits per heavy atom. The van der Waals surface area contributed by atoms with Crippen molar-refractivity contribution in [2.75, 3.05) is 7.05 Å². The van der Waals surface area contributed by atoms with Gasteiger partial charge in [-0.25, -0.2) is 0 Å². The highest BCUT2D eigenvalue weighted by Gasteiger charge is 2.16. The van der Waals surface area contributed by atoms with E-state index in [9.17, 15) is 0 Å². The summed E-state index contributed by atoms with van der Waals surface area (Å²) in [5.74, 6) is 1.79. The van der Waals surface area contributed by atoms with Gasteiger partial charge in [0, 0.05) is 19.6 Å². The number of nitrogens with one attached hydrogen (secondary N) is 2. The van der Waals surface area contributed by atoms with Gasteiger partial charge < -0.3 is 15.2 Å². The van der Waals surface area contributed by atoms with E-state index >= 15 is 0 Å². The Kier molecular flexibility index (Phi) is 4.55. The van der Waals surface area contributed by atoms with E-state index in [1.807, 2.05) is 4.57 Å². The number of hydrogen-bond donors (Lipinski definition) is 2. The zero-order valence-electron chi connectivity index (χ0n) is 11.2. The van der Waals surface area contributed by atoms with Crippen LogP contribution in [0.3, 0.4) is 0 Å². The fourth-order valence-electron chi connectivity index (χ4n) is 2.30. The molecule has 18 heavy (non-hydrogen) atoms. The van der Waals surface area contributed by atoms with E-state index in [0.29, 0.717) is 12.6 Å². The van der Waals surface area contributed by atoms with Crippen LogP contribution in [0.4, 0.5) is 0 Å². The smallest absolute Gasteiger partial charge is 0.191 e. The molecule has 2 rings (SSSR count). The normalized spacial score (nSPS) is 17.1. The Morgan fingerprint density at radius 1 is 1.50 bits per heavy atom. The average molecular weight is 250 g/mol. The Bertz CT molecular complexity index is 391. The molecule has 1 aromatic heterocycles. The maximum atomic E-state index is 4.24. The van der Waals surface area contributed by atoms with Crippen molar-refractivity contribution in [3.05, 3.63) is 12.2 Å². The summed E-state index contributed by atoms with van der Waals surface area (Å²) in [6.45, 7) is 3.62. The number of hydrogen-bond acceptors (Lipinski definition) is 3. The van der Waals surface area contributed by atoms with Crippen LogP contribution in [0.15, 0.2) is 11.3 Å². The third-order valence-corrected chi connectivity index (χ3v) is 3.37. The van der Waals surface area contributed by atoms with Crippen molar-refractivity contribution in [1.82, 2.24) is 25.4 Å². The molecule has 1 heterocycles. The van der Waals surface area contributed by atoms with Crippen LogP contribution in [0.2, 0.25) is 0 Å². The highest BCUT2D eigenvalue weighted by atomic mass is 15.3. The lowest BCUT2D eigenvalue weighted by Crippen LogP contribution is -2.42. The van der Waals surface area contributed by atoms with E-state index in [2.05, 4.69) is 32.7 Å². The Morgan fingerprint density at radius 2 is 2.28 bits per heavy atom. The molecule has 6 heteroatoms. The second kappa shape index (κ2) is 6.37. The van der Waals surface area contributed by atoms with Gasteiger partial charge in [-0.1, -0.05) is 12.8 Å². The molecule has 2 N–H and O–H groups in total. The first-order valence-corrected chi connectivity index (χ1v) is 6.67. The summed E-state index contributed by atoms with van der Waals surface area (Å²) in [6, 6.07) is 0.570. The summed E-state index contributed by atoms with van der Waals surface area (Å²) >= 11 is 0. The summed E-state index contributed by atoms with van der Waals surface area (Å²) in [6.07, 6.45) is 6.87. The van der Waals surface area contributed by atoms with Crippen molar-refractivity contribution in [3.8, 4) is 0 Å². The number of rotatable bonds is 4. The zero-order valence-corrected chi connectivity index (χ0v) is 11.2. The topological polar surface area (TPSA) is 67.1 Å². The molecule has 0 atom stereocenters. The molecule has 6 nitrogen and oxygen atoms in total. The first kappa shape index (κ1) is 12.9. The first-order valence-electron chi connectivity index (χ1n) is 6.67. The largest absolute Gasteiger partial charge is 0.354 e. The van der Waals surface area contributed by atoms with Gasteiger partial charge in [0.2, 0.25) is 0 Å². The Labute approximate surface area is 108 Å². The van der Waals surface area contributed by atoms with Gasteiger partial charge in [0.05, 0.1) is 6.54 Å². The monoisotopic (exact) mass is 250 g/mol. The van der Waals surface area contributed by atoms with Crippen LogP contribution in [0.1, 0.15) is 38.4 Å². The Hall–Kier alpha value is -1.59. The molecule has 0 amide bonds. The number of aryl methyl sites for hydroxylation is 1. The van der Waals surface area contributed by atoms with E-state index in [-0.39, 0.29) is 0 Å². The summed E-state index contributed by atoms with van der Waals surface area (Å²) in [4.78, 5) is 4.24. The quantitative estimate of drug-likeness (QED) is 0.615. The Balaban J connectivity index is 1.83. The molecule has 1 aliphatic carbocycles. The summed E-state index contributed by atoms with van der Waals surface area (Å²) in [5.41, 5.74) is 0. The van der Waals surface area contributed by atoms with Gasteiger partial charge in [-0.15, -0.1) is 10.2 Å². The average Bonchev–Trinajstić information content (AvgIpc) is 3.05. The minimum atomic E-state index is 0.570. The van der Waals surface area contributed by atoms with Gasteiger partial charge in [0.1, 0.15) is 6.33 Å². The molecule has 1 fully saturated rings. The van der Waals surface area contributed by atoms with Crippen LogP contribution in [-0.2, 0) is 13.1 Å². The summed E-state index contributed by atoms with van der Waals surface area (Å²) < 4.78 is 2.02. The second-order valence-electron chi connectivity index (χ2n) is 4.58. The molecule has 0 spiro atoms. The van der Waals surface area contributed by atoms with Crippen molar-refractivity contribution in [2.45, 2.75) is 51.7 Å². The van der Waals surface area contributed by atoms with Crippen LogP contribution in [0, 0.1) is 0 Å². The fraction of sp³-hybridized carbons (Fsp3) is 0.750. The van der Waals surface area contributed by atoms with Crippen molar-refractivity contribution in [1.29, 1.82) is 0 Å². The van der Waals surface area contributed by atoms with Crippen LogP contribution in [-0.4, -0.2) is 33.8 Å². The first-order chi connectivity index (χ1) is 8.83.